The summed E-state index contributed by atoms with van der Waals surface area (Å²) in [7, 11) is 0. The van der Waals surface area contributed by atoms with Gasteiger partial charge in [0.25, 0.3) is 5.91 Å². The molecule has 23 heavy (non-hydrogen) atoms. The molecule has 6 nitrogen and oxygen atoms in total. The summed E-state index contributed by atoms with van der Waals surface area (Å²) < 4.78 is 5.20. The maximum absolute atomic E-state index is 12.4. The molecule has 2 aliphatic rings. The summed E-state index contributed by atoms with van der Waals surface area (Å²) in [5, 5.41) is 3.41. The van der Waals surface area contributed by atoms with Gasteiger partial charge in [0, 0.05) is 32.5 Å². The van der Waals surface area contributed by atoms with Crippen LogP contribution in [0.25, 0.3) is 0 Å². The molecule has 1 aromatic rings. The van der Waals surface area contributed by atoms with E-state index in [-0.39, 0.29) is 17.5 Å². The van der Waals surface area contributed by atoms with Crippen molar-refractivity contribution in [3.8, 4) is 0 Å². The van der Waals surface area contributed by atoms with Crippen LogP contribution >= 0.6 is 0 Å². The van der Waals surface area contributed by atoms with Gasteiger partial charge in [0.1, 0.15) is 0 Å². The first-order valence-corrected chi connectivity index (χ1v) is 8.44. The van der Waals surface area contributed by atoms with Crippen LogP contribution in [0.3, 0.4) is 0 Å². The molecule has 1 aromatic heterocycles. The number of carbonyl (C=O) groups is 2. The molecule has 6 heteroatoms. The SMILES string of the molecule is CCC(C)CN1C(=O)CNC12CCN(C(=O)c1ccco1)CC2. The van der Waals surface area contributed by atoms with E-state index in [1.165, 1.54) is 6.26 Å². The minimum Gasteiger partial charge on any atom is -0.459 e. The molecule has 1 unspecified atom stereocenters. The third-order valence-electron chi connectivity index (χ3n) is 5.19. The van der Waals surface area contributed by atoms with Gasteiger partial charge in [0.2, 0.25) is 5.91 Å². The molecule has 3 rings (SSSR count). The highest BCUT2D eigenvalue weighted by Crippen LogP contribution is 2.31. The molecule has 0 aliphatic carbocycles. The number of furan rings is 1. The molecule has 2 amide bonds. The topological polar surface area (TPSA) is 65.8 Å². The van der Waals surface area contributed by atoms with Crippen molar-refractivity contribution in [3.05, 3.63) is 24.2 Å². The molecule has 1 spiro atoms. The Bertz CT molecular complexity index is 562. The van der Waals surface area contributed by atoms with Gasteiger partial charge in [-0.3, -0.25) is 14.9 Å². The normalized spacial score (nSPS) is 21.9. The number of amides is 2. The van der Waals surface area contributed by atoms with E-state index >= 15 is 0 Å². The summed E-state index contributed by atoms with van der Waals surface area (Å²) in [6.45, 7) is 6.79. The zero-order valence-corrected chi connectivity index (χ0v) is 13.9. The molecule has 2 aliphatic heterocycles. The fraction of sp³-hybridized carbons (Fsp3) is 0.647. The lowest BCUT2D eigenvalue weighted by molar-refractivity contribution is -0.132. The second kappa shape index (κ2) is 6.35. The minimum atomic E-state index is -0.277. The average Bonchev–Trinajstić information content (AvgIpc) is 3.20. The second-order valence-electron chi connectivity index (χ2n) is 6.67. The fourth-order valence-corrected chi connectivity index (χ4v) is 3.47. The van der Waals surface area contributed by atoms with Crippen LogP contribution in [0.15, 0.2) is 22.8 Å². The van der Waals surface area contributed by atoms with Crippen LogP contribution in [-0.4, -0.2) is 53.5 Å². The van der Waals surface area contributed by atoms with Crippen LogP contribution in [0.1, 0.15) is 43.7 Å². The Morgan fingerprint density at radius 1 is 1.43 bits per heavy atom. The Kier molecular flexibility index (Phi) is 4.43. The lowest BCUT2D eigenvalue weighted by Crippen LogP contribution is -2.59. The van der Waals surface area contributed by atoms with Gasteiger partial charge >= 0.3 is 0 Å². The van der Waals surface area contributed by atoms with E-state index in [0.29, 0.717) is 31.3 Å². The standard InChI is InChI=1S/C17H25N3O3/c1-3-13(2)12-20-15(21)11-18-17(20)6-8-19(9-7-17)16(22)14-5-4-10-23-14/h4-5,10,13,18H,3,6-9,11-12H2,1-2H3. The van der Waals surface area contributed by atoms with Crippen LogP contribution in [0.5, 0.6) is 0 Å². The summed E-state index contributed by atoms with van der Waals surface area (Å²) >= 11 is 0. The summed E-state index contributed by atoms with van der Waals surface area (Å²) in [5.74, 6) is 0.977. The minimum absolute atomic E-state index is 0.0670. The second-order valence-corrected chi connectivity index (χ2v) is 6.67. The number of nitrogens with zero attached hydrogens (tertiary/aromatic N) is 2. The van der Waals surface area contributed by atoms with Crippen molar-refractivity contribution in [2.45, 2.75) is 38.8 Å². The van der Waals surface area contributed by atoms with Gasteiger partial charge in [-0.1, -0.05) is 20.3 Å². The largest absolute Gasteiger partial charge is 0.459 e. The maximum Gasteiger partial charge on any atom is 0.289 e. The number of rotatable bonds is 4. The van der Waals surface area contributed by atoms with Crippen molar-refractivity contribution >= 4 is 11.8 Å². The highest BCUT2D eigenvalue weighted by molar-refractivity contribution is 5.91. The number of hydrogen-bond acceptors (Lipinski definition) is 4. The summed E-state index contributed by atoms with van der Waals surface area (Å²) in [5.41, 5.74) is -0.277. The first-order chi connectivity index (χ1) is 11.1. The average molecular weight is 319 g/mol. The lowest BCUT2D eigenvalue weighted by Gasteiger charge is -2.45. The number of piperidine rings is 1. The van der Waals surface area contributed by atoms with E-state index < -0.39 is 0 Å². The Labute approximate surface area is 136 Å². The highest BCUT2D eigenvalue weighted by Gasteiger charge is 2.47. The summed E-state index contributed by atoms with van der Waals surface area (Å²) in [4.78, 5) is 28.5. The van der Waals surface area contributed by atoms with Crippen LogP contribution in [0.4, 0.5) is 0 Å². The zero-order chi connectivity index (χ0) is 16.4. The number of carbonyl (C=O) groups excluding carboxylic acids is 2. The molecule has 0 bridgehead atoms. The van der Waals surface area contributed by atoms with Gasteiger partial charge in [0.05, 0.1) is 18.5 Å². The summed E-state index contributed by atoms with van der Waals surface area (Å²) in [6, 6.07) is 3.42. The van der Waals surface area contributed by atoms with Crippen molar-refractivity contribution in [1.29, 1.82) is 0 Å². The van der Waals surface area contributed by atoms with E-state index in [1.54, 1.807) is 12.1 Å². The molecule has 0 aromatic carbocycles. The van der Waals surface area contributed by atoms with E-state index in [1.807, 2.05) is 9.80 Å². The molecule has 0 saturated carbocycles. The maximum atomic E-state index is 12.4. The van der Waals surface area contributed by atoms with Crippen molar-refractivity contribution < 1.29 is 14.0 Å². The molecule has 3 heterocycles. The van der Waals surface area contributed by atoms with E-state index in [2.05, 4.69) is 19.2 Å². The third-order valence-corrected chi connectivity index (χ3v) is 5.19. The van der Waals surface area contributed by atoms with Crippen LogP contribution in [0, 0.1) is 5.92 Å². The monoisotopic (exact) mass is 319 g/mol. The highest BCUT2D eigenvalue weighted by atomic mass is 16.3. The van der Waals surface area contributed by atoms with Crippen LogP contribution in [0.2, 0.25) is 0 Å². The van der Waals surface area contributed by atoms with Gasteiger partial charge in [-0.15, -0.1) is 0 Å². The zero-order valence-electron chi connectivity index (χ0n) is 13.9. The fourth-order valence-electron chi connectivity index (χ4n) is 3.47. The summed E-state index contributed by atoms with van der Waals surface area (Å²) in [6.07, 6.45) is 4.11. The van der Waals surface area contributed by atoms with Crippen molar-refractivity contribution in [2.75, 3.05) is 26.2 Å². The first-order valence-electron chi connectivity index (χ1n) is 8.44. The Hall–Kier alpha value is -1.82. The van der Waals surface area contributed by atoms with Crippen molar-refractivity contribution in [1.82, 2.24) is 15.1 Å². The van der Waals surface area contributed by atoms with Gasteiger partial charge in [-0.25, -0.2) is 0 Å². The van der Waals surface area contributed by atoms with Gasteiger partial charge in [-0.05, 0) is 18.1 Å². The molecule has 0 radical (unpaired) electrons. The smallest absolute Gasteiger partial charge is 0.289 e. The van der Waals surface area contributed by atoms with E-state index in [4.69, 9.17) is 4.42 Å². The predicted octanol–water partition coefficient (Wildman–Crippen LogP) is 1.69. The molecule has 2 fully saturated rings. The van der Waals surface area contributed by atoms with Gasteiger partial charge in [-0.2, -0.15) is 0 Å². The van der Waals surface area contributed by atoms with Gasteiger partial charge < -0.3 is 14.2 Å². The third kappa shape index (κ3) is 3.00. The number of likely N-dealkylation sites (tertiary alicyclic amines) is 1. The number of nitrogens with one attached hydrogen (secondary N) is 1. The van der Waals surface area contributed by atoms with Crippen LogP contribution in [-0.2, 0) is 4.79 Å². The predicted molar refractivity (Wildman–Crippen MR) is 85.7 cm³/mol. The molecule has 1 N–H and O–H groups in total. The molecular formula is C17H25N3O3. The Morgan fingerprint density at radius 3 is 2.78 bits per heavy atom. The van der Waals surface area contributed by atoms with E-state index in [0.717, 1.165) is 25.8 Å². The number of hydrogen-bond donors (Lipinski definition) is 1. The van der Waals surface area contributed by atoms with Crippen LogP contribution < -0.4 is 5.32 Å². The van der Waals surface area contributed by atoms with Crippen molar-refractivity contribution in [2.24, 2.45) is 5.92 Å². The lowest BCUT2D eigenvalue weighted by atomic mass is 9.94. The molecule has 126 valence electrons. The first kappa shape index (κ1) is 16.1. The quantitative estimate of drug-likeness (QED) is 0.917. The Morgan fingerprint density at radius 2 is 2.17 bits per heavy atom. The molecule has 2 saturated heterocycles. The molecular weight excluding hydrogens is 294 g/mol. The van der Waals surface area contributed by atoms with Gasteiger partial charge in [0.15, 0.2) is 5.76 Å². The van der Waals surface area contributed by atoms with E-state index in [9.17, 15) is 9.59 Å². The molecule has 1 atom stereocenters. The van der Waals surface area contributed by atoms with Crippen molar-refractivity contribution in [3.63, 3.8) is 0 Å². The Balaban J connectivity index is 1.66.